The Morgan fingerprint density at radius 3 is 2.94 bits per heavy atom. The van der Waals surface area contributed by atoms with E-state index in [0.717, 1.165) is 0 Å². The highest BCUT2D eigenvalue weighted by atomic mass is 32.2. The Kier molecular flexibility index (Phi) is 3.32. The summed E-state index contributed by atoms with van der Waals surface area (Å²) in [6.07, 6.45) is 0. The number of rotatable bonds is 5. The van der Waals surface area contributed by atoms with Crippen molar-refractivity contribution >= 4 is 17.7 Å². The van der Waals surface area contributed by atoms with E-state index in [1.54, 1.807) is 6.92 Å². The van der Waals surface area contributed by atoms with Gasteiger partial charge in [-0.25, -0.2) is 4.68 Å². The fourth-order valence-electron chi connectivity index (χ4n) is 1.05. The van der Waals surface area contributed by atoms with E-state index in [-0.39, 0.29) is 6.54 Å². The van der Waals surface area contributed by atoms with E-state index in [0.29, 0.717) is 22.7 Å². The van der Waals surface area contributed by atoms with Gasteiger partial charge in [0.15, 0.2) is 0 Å². The maximum absolute atomic E-state index is 10.5. The molecule has 0 aliphatic heterocycles. The van der Waals surface area contributed by atoms with Crippen molar-refractivity contribution in [1.29, 1.82) is 0 Å². The molecular formula is C7H8N6O3S. The van der Waals surface area contributed by atoms with Crippen molar-refractivity contribution in [2.24, 2.45) is 0 Å². The molecule has 2 rings (SSSR count). The Morgan fingerprint density at radius 1 is 1.47 bits per heavy atom. The average molecular weight is 256 g/mol. The molecule has 9 nitrogen and oxygen atoms in total. The Balaban J connectivity index is 1.99. The molecule has 90 valence electrons. The first-order valence-corrected chi connectivity index (χ1v) is 5.53. The Hall–Kier alpha value is -1.97. The van der Waals surface area contributed by atoms with E-state index in [4.69, 9.17) is 9.52 Å². The molecule has 0 spiro atoms. The molecule has 0 saturated carbocycles. The minimum Gasteiger partial charge on any atom is -0.480 e. The Bertz CT molecular complexity index is 523. The number of aromatic nitrogens is 6. The number of thioether (sulfide) groups is 1. The minimum atomic E-state index is -1.01. The number of hydrogen-bond donors (Lipinski definition) is 1. The van der Waals surface area contributed by atoms with Crippen molar-refractivity contribution < 1.29 is 14.3 Å². The maximum atomic E-state index is 10.5. The lowest BCUT2D eigenvalue weighted by atomic mass is 10.7. The molecule has 2 aromatic rings. The molecule has 0 aliphatic carbocycles. The SMILES string of the molecule is Cc1nnc(CSc2nnnn2CC(=O)O)o1. The molecule has 2 heterocycles. The molecule has 0 bridgehead atoms. The molecule has 0 atom stereocenters. The molecule has 0 fully saturated rings. The molecule has 0 radical (unpaired) electrons. The van der Waals surface area contributed by atoms with Crippen molar-refractivity contribution in [2.75, 3.05) is 0 Å². The molecule has 0 unspecified atom stereocenters. The standard InChI is InChI=1S/C7H8N6O3S/c1-4-8-9-5(16-4)3-17-7-10-11-12-13(7)2-6(14)15/h2-3H2,1H3,(H,14,15). The molecule has 1 N–H and O–H groups in total. The first kappa shape index (κ1) is 11.5. The van der Waals surface area contributed by atoms with E-state index in [9.17, 15) is 4.79 Å². The first-order chi connectivity index (χ1) is 8.15. The van der Waals surface area contributed by atoms with Crippen LogP contribution in [0.3, 0.4) is 0 Å². The van der Waals surface area contributed by atoms with Gasteiger partial charge in [-0.1, -0.05) is 11.8 Å². The topological polar surface area (TPSA) is 120 Å². The van der Waals surface area contributed by atoms with E-state index in [1.807, 2.05) is 0 Å². The summed E-state index contributed by atoms with van der Waals surface area (Å²) in [6, 6.07) is 0. The number of hydrogen-bond acceptors (Lipinski definition) is 8. The highest BCUT2D eigenvalue weighted by Gasteiger charge is 2.11. The van der Waals surface area contributed by atoms with Crippen LogP contribution in [0.4, 0.5) is 0 Å². The third-order valence-corrected chi connectivity index (χ3v) is 2.62. The van der Waals surface area contributed by atoms with Crippen molar-refractivity contribution in [2.45, 2.75) is 24.4 Å². The van der Waals surface area contributed by atoms with Gasteiger partial charge in [-0.15, -0.1) is 15.3 Å². The second-order valence-corrected chi connectivity index (χ2v) is 3.96. The zero-order valence-electron chi connectivity index (χ0n) is 8.77. The maximum Gasteiger partial charge on any atom is 0.325 e. The van der Waals surface area contributed by atoms with Gasteiger partial charge in [0.2, 0.25) is 16.9 Å². The smallest absolute Gasteiger partial charge is 0.325 e. The van der Waals surface area contributed by atoms with Gasteiger partial charge in [0.1, 0.15) is 6.54 Å². The zero-order valence-corrected chi connectivity index (χ0v) is 9.59. The van der Waals surface area contributed by atoms with Crippen LogP contribution in [0, 0.1) is 6.92 Å². The summed E-state index contributed by atoms with van der Waals surface area (Å²) in [4.78, 5) is 10.5. The van der Waals surface area contributed by atoms with Crippen molar-refractivity contribution in [3.8, 4) is 0 Å². The number of aliphatic carboxylic acids is 1. The van der Waals surface area contributed by atoms with Gasteiger partial charge in [0, 0.05) is 6.92 Å². The zero-order chi connectivity index (χ0) is 12.3. The number of carbonyl (C=O) groups is 1. The number of aryl methyl sites for hydroxylation is 1. The molecule has 17 heavy (non-hydrogen) atoms. The third-order valence-electron chi connectivity index (χ3n) is 1.68. The van der Waals surface area contributed by atoms with Crippen LogP contribution >= 0.6 is 11.8 Å². The van der Waals surface area contributed by atoms with Gasteiger partial charge in [0.05, 0.1) is 5.75 Å². The van der Waals surface area contributed by atoms with Gasteiger partial charge in [-0.05, 0) is 10.4 Å². The lowest BCUT2D eigenvalue weighted by Crippen LogP contribution is -2.11. The van der Waals surface area contributed by atoms with Crippen LogP contribution < -0.4 is 0 Å². The second kappa shape index (κ2) is 4.91. The molecule has 0 aliphatic rings. The molecule has 10 heteroatoms. The van der Waals surface area contributed by atoms with E-state index in [2.05, 4.69) is 25.7 Å². The van der Waals surface area contributed by atoms with Crippen LogP contribution in [0.15, 0.2) is 9.57 Å². The number of carboxylic acid groups (broad SMARTS) is 1. The lowest BCUT2D eigenvalue weighted by molar-refractivity contribution is -0.138. The number of tetrazole rings is 1. The van der Waals surface area contributed by atoms with Gasteiger partial charge in [0.25, 0.3) is 0 Å². The van der Waals surface area contributed by atoms with Crippen LogP contribution in [0.2, 0.25) is 0 Å². The largest absolute Gasteiger partial charge is 0.480 e. The Morgan fingerprint density at radius 2 is 2.29 bits per heavy atom. The fraction of sp³-hybridized carbons (Fsp3) is 0.429. The summed E-state index contributed by atoms with van der Waals surface area (Å²) in [5, 5.41) is 27.2. The van der Waals surface area contributed by atoms with Gasteiger partial charge < -0.3 is 9.52 Å². The number of nitrogens with zero attached hydrogens (tertiary/aromatic N) is 6. The monoisotopic (exact) mass is 256 g/mol. The highest BCUT2D eigenvalue weighted by Crippen LogP contribution is 2.18. The summed E-state index contributed by atoms with van der Waals surface area (Å²) in [7, 11) is 0. The molecule has 2 aromatic heterocycles. The fourth-order valence-corrected chi connectivity index (χ4v) is 1.76. The average Bonchev–Trinajstić information content (AvgIpc) is 2.84. The Labute approximate surface area is 99.2 Å². The van der Waals surface area contributed by atoms with Crippen molar-refractivity contribution in [3.63, 3.8) is 0 Å². The molecular weight excluding hydrogens is 248 g/mol. The molecule has 0 saturated heterocycles. The van der Waals surface area contributed by atoms with Gasteiger partial charge >= 0.3 is 5.97 Å². The van der Waals surface area contributed by atoms with Crippen LogP contribution in [-0.4, -0.2) is 41.5 Å². The minimum absolute atomic E-state index is 0.280. The normalized spacial score (nSPS) is 10.6. The van der Waals surface area contributed by atoms with Crippen LogP contribution in [0.1, 0.15) is 11.8 Å². The number of carboxylic acids is 1. The molecule has 0 amide bonds. The second-order valence-electron chi connectivity index (χ2n) is 3.02. The van der Waals surface area contributed by atoms with Gasteiger partial charge in [-0.3, -0.25) is 4.79 Å². The van der Waals surface area contributed by atoms with Crippen molar-refractivity contribution in [1.82, 2.24) is 30.4 Å². The van der Waals surface area contributed by atoms with E-state index >= 15 is 0 Å². The third kappa shape index (κ3) is 3.00. The highest BCUT2D eigenvalue weighted by molar-refractivity contribution is 7.98. The van der Waals surface area contributed by atoms with Crippen LogP contribution in [0.25, 0.3) is 0 Å². The first-order valence-electron chi connectivity index (χ1n) is 4.55. The summed E-state index contributed by atoms with van der Waals surface area (Å²) in [6.45, 7) is 1.41. The van der Waals surface area contributed by atoms with Crippen molar-refractivity contribution in [3.05, 3.63) is 11.8 Å². The summed E-state index contributed by atoms with van der Waals surface area (Å²) in [5.74, 6) is 0.303. The summed E-state index contributed by atoms with van der Waals surface area (Å²) < 4.78 is 6.36. The predicted octanol–water partition coefficient (Wildman–Crippen LogP) is -0.259. The summed E-state index contributed by atoms with van der Waals surface area (Å²) in [5.41, 5.74) is 0. The lowest BCUT2D eigenvalue weighted by Gasteiger charge is -1.98. The molecule has 0 aromatic carbocycles. The van der Waals surface area contributed by atoms with E-state index in [1.165, 1.54) is 16.4 Å². The van der Waals surface area contributed by atoms with Gasteiger partial charge in [-0.2, -0.15) is 0 Å². The van der Waals surface area contributed by atoms with Crippen LogP contribution in [-0.2, 0) is 17.1 Å². The van der Waals surface area contributed by atoms with E-state index < -0.39 is 5.97 Å². The van der Waals surface area contributed by atoms with Crippen LogP contribution in [0.5, 0.6) is 0 Å². The predicted molar refractivity (Wildman–Crippen MR) is 54.0 cm³/mol. The summed E-state index contributed by atoms with van der Waals surface area (Å²) >= 11 is 1.23. The quantitative estimate of drug-likeness (QED) is 0.721.